The summed E-state index contributed by atoms with van der Waals surface area (Å²) < 4.78 is 3.56. The number of carboxylic acid groups (broad SMARTS) is 1. The summed E-state index contributed by atoms with van der Waals surface area (Å²) in [7, 11) is 1.47. The van der Waals surface area contributed by atoms with E-state index in [1.54, 1.807) is 13.8 Å². The van der Waals surface area contributed by atoms with Crippen LogP contribution < -0.4 is 11.2 Å². The second-order valence-electron chi connectivity index (χ2n) is 4.05. The summed E-state index contributed by atoms with van der Waals surface area (Å²) in [6.45, 7) is 3.90. The van der Waals surface area contributed by atoms with Crippen molar-refractivity contribution in [1.29, 1.82) is 0 Å². The number of imidazole rings is 1. The van der Waals surface area contributed by atoms with Crippen LogP contribution in [0, 0.1) is 0 Å². The van der Waals surface area contributed by atoms with Crippen LogP contribution >= 0.6 is 0 Å². The van der Waals surface area contributed by atoms with Crippen LogP contribution in [0.3, 0.4) is 0 Å². The van der Waals surface area contributed by atoms with Gasteiger partial charge in [-0.15, -0.1) is 0 Å². The van der Waals surface area contributed by atoms with E-state index < -0.39 is 17.2 Å². The van der Waals surface area contributed by atoms with Crippen molar-refractivity contribution in [3.05, 3.63) is 26.7 Å². The molecule has 0 spiro atoms. The third kappa shape index (κ3) is 1.67. The number of aromatic carboxylic acids is 1. The number of carbonyl (C=O) groups is 1. The van der Waals surface area contributed by atoms with Gasteiger partial charge in [0, 0.05) is 20.1 Å². The summed E-state index contributed by atoms with van der Waals surface area (Å²) >= 11 is 0. The van der Waals surface area contributed by atoms with Gasteiger partial charge in [0.05, 0.1) is 0 Å². The molecular formula is C11H14N4O4. The summed E-state index contributed by atoms with van der Waals surface area (Å²) in [5, 5.41) is 9.10. The Morgan fingerprint density at radius 2 is 1.79 bits per heavy atom. The van der Waals surface area contributed by atoms with Crippen molar-refractivity contribution >= 4 is 17.1 Å². The van der Waals surface area contributed by atoms with Crippen LogP contribution in [0.5, 0.6) is 0 Å². The maximum Gasteiger partial charge on any atom is 0.372 e. The Bertz CT molecular complexity index is 781. The number of hydrogen-bond donors (Lipinski definition) is 1. The molecule has 2 heterocycles. The first kappa shape index (κ1) is 13.1. The number of hydrogen-bond acceptors (Lipinski definition) is 4. The van der Waals surface area contributed by atoms with Crippen LogP contribution in [-0.2, 0) is 20.1 Å². The molecule has 0 unspecified atom stereocenters. The zero-order chi connectivity index (χ0) is 14.3. The maximum atomic E-state index is 12.2. The molecule has 0 aliphatic heterocycles. The fourth-order valence-electron chi connectivity index (χ4n) is 2.12. The Labute approximate surface area is 107 Å². The molecule has 0 amide bonds. The number of carboxylic acids is 1. The van der Waals surface area contributed by atoms with E-state index in [2.05, 4.69) is 4.98 Å². The van der Waals surface area contributed by atoms with Gasteiger partial charge in [-0.3, -0.25) is 13.9 Å². The molecule has 1 N–H and O–H groups in total. The molecule has 8 nitrogen and oxygen atoms in total. The molecular weight excluding hydrogens is 252 g/mol. The van der Waals surface area contributed by atoms with Gasteiger partial charge in [0.15, 0.2) is 11.2 Å². The van der Waals surface area contributed by atoms with Crippen molar-refractivity contribution in [2.75, 3.05) is 0 Å². The predicted molar refractivity (Wildman–Crippen MR) is 67.5 cm³/mol. The van der Waals surface area contributed by atoms with Crippen molar-refractivity contribution < 1.29 is 9.90 Å². The van der Waals surface area contributed by atoms with E-state index in [0.717, 1.165) is 4.57 Å². The molecule has 0 radical (unpaired) electrons. The average molecular weight is 266 g/mol. The van der Waals surface area contributed by atoms with Crippen LogP contribution in [0.15, 0.2) is 9.59 Å². The van der Waals surface area contributed by atoms with Gasteiger partial charge in [-0.05, 0) is 13.8 Å². The molecule has 2 aromatic heterocycles. The quantitative estimate of drug-likeness (QED) is 0.817. The molecule has 0 saturated carbocycles. The van der Waals surface area contributed by atoms with Crippen LogP contribution in [0.1, 0.15) is 24.5 Å². The van der Waals surface area contributed by atoms with E-state index in [9.17, 15) is 14.4 Å². The predicted octanol–water partition coefficient (Wildman–Crippen LogP) is -0.365. The molecule has 0 bridgehead atoms. The Kier molecular flexibility index (Phi) is 3.01. The molecule has 0 aliphatic rings. The van der Waals surface area contributed by atoms with Gasteiger partial charge in [0.1, 0.15) is 0 Å². The monoisotopic (exact) mass is 266 g/mol. The minimum absolute atomic E-state index is 0.0963. The molecule has 0 aliphatic carbocycles. The fraction of sp³-hybridized carbons (Fsp3) is 0.455. The highest BCUT2D eigenvalue weighted by atomic mass is 16.4. The van der Waals surface area contributed by atoms with E-state index in [1.165, 1.54) is 16.2 Å². The molecule has 0 saturated heterocycles. The van der Waals surface area contributed by atoms with Crippen molar-refractivity contribution in [2.45, 2.75) is 26.9 Å². The second kappa shape index (κ2) is 4.38. The number of nitrogens with zero attached hydrogens (tertiary/aromatic N) is 4. The number of fused-ring (bicyclic) bond motifs is 1. The summed E-state index contributed by atoms with van der Waals surface area (Å²) in [4.78, 5) is 39.2. The highest BCUT2D eigenvalue weighted by Gasteiger charge is 2.22. The topological polar surface area (TPSA) is 99.1 Å². The van der Waals surface area contributed by atoms with Crippen molar-refractivity contribution in [3.8, 4) is 0 Å². The molecule has 0 aromatic carbocycles. The van der Waals surface area contributed by atoms with E-state index in [1.807, 2.05) is 0 Å². The van der Waals surface area contributed by atoms with E-state index >= 15 is 0 Å². The minimum Gasteiger partial charge on any atom is -0.475 e. The van der Waals surface area contributed by atoms with Crippen LogP contribution in [0.4, 0.5) is 0 Å². The number of rotatable bonds is 3. The molecule has 102 valence electrons. The van der Waals surface area contributed by atoms with Crippen LogP contribution in [-0.4, -0.2) is 29.8 Å². The zero-order valence-corrected chi connectivity index (χ0v) is 10.9. The van der Waals surface area contributed by atoms with Gasteiger partial charge in [0.25, 0.3) is 5.56 Å². The van der Waals surface area contributed by atoms with Gasteiger partial charge in [0.2, 0.25) is 5.82 Å². The Morgan fingerprint density at radius 1 is 1.21 bits per heavy atom. The molecule has 2 aromatic rings. The SMILES string of the molecule is CCn1c(=O)c2c(nc(C(=O)O)n2CC)n(C)c1=O. The van der Waals surface area contributed by atoms with Gasteiger partial charge in [-0.2, -0.15) is 0 Å². The first-order valence-electron chi connectivity index (χ1n) is 5.87. The van der Waals surface area contributed by atoms with E-state index in [4.69, 9.17) is 5.11 Å². The lowest BCUT2D eigenvalue weighted by molar-refractivity contribution is 0.0679. The molecule has 19 heavy (non-hydrogen) atoms. The largest absolute Gasteiger partial charge is 0.475 e. The van der Waals surface area contributed by atoms with Crippen molar-refractivity contribution in [1.82, 2.24) is 18.7 Å². The highest BCUT2D eigenvalue weighted by Crippen LogP contribution is 2.10. The molecule has 0 atom stereocenters. The first-order chi connectivity index (χ1) is 8.93. The lowest BCUT2D eigenvalue weighted by atomic mass is 10.4. The summed E-state index contributed by atoms with van der Waals surface area (Å²) in [6, 6.07) is 0. The Morgan fingerprint density at radius 3 is 2.26 bits per heavy atom. The molecule has 8 heteroatoms. The average Bonchev–Trinajstić information content (AvgIpc) is 2.76. The summed E-state index contributed by atoms with van der Waals surface area (Å²) in [6.07, 6.45) is 0. The Hall–Kier alpha value is -2.38. The zero-order valence-electron chi connectivity index (χ0n) is 10.9. The smallest absolute Gasteiger partial charge is 0.372 e. The van der Waals surface area contributed by atoms with Gasteiger partial charge >= 0.3 is 11.7 Å². The molecule has 2 rings (SSSR count). The lowest BCUT2D eigenvalue weighted by Gasteiger charge is -2.06. The van der Waals surface area contributed by atoms with Crippen molar-refractivity contribution in [2.24, 2.45) is 7.05 Å². The third-order valence-electron chi connectivity index (χ3n) is 3.06. The standard InChI is InChI=1S/C11H14N4O4/c1-4-14-6-7(12-8(14)10(17)18)13(3)11(19)15(5-2)9(6)16/h4-5H2,1-3H3,(H,17,18). The van der Waals surface area contributed by atoms with Gasteiger partial charge in [-0.1, -0.05) is 0 Å². The number of aromatic nitrogens is 4. The minimum atomic E-state index is -1.23. The third-order valence-corrected chi connectivity index (χ3v) is 3.06. The normalized spacial score (nSPS) is 11.1. The highest BCUT2D eigenvalue weighted by molar-refractivity contribution is 5.88. The molecule has 0 fully saturated rings. The van der Waals surface area contributed by atoms with Crippen molar-refractivity contribution in [3.63, 3.8) is 0 Å². The van der Waals surface area contributed by atoms with Crippen LogP contribution in [0.2, 0.25) is 0 Å². The fourth-order valence-corrected chi connectivity index (χ4v) is 2.12. The maximum absolute atomic E-state index is 12.2. The first-order valence-corrected chi connectivity index (χ1v) is 5.87. The van der Waals surface area contributed by atoms with Crippen LogP contribution in [0.25, 0.3) is 11.2 Å². The summed E-state index contributed by atoms with van der Waals surface area (Å²) in [5.74, 6) is -1.47. The lowest BCUT2D eigenvalue weighted by Crippen LogP contribution is -2.39. The number of aryl methyl sites for hydroxylation is 2. The Balaban J connectivity index is 3.10. The second-order valence-corrected chi connectivity index (χ2v) is 4.05. The van der Waals surface area contributed by atoms with Gasteiger partial charge in [-0.25, -0.2) is 14.6 Å². The summed E-state index contributed by atoms with van der Waals surface area (Å²) in [5.41, 5.74) is -0.775. The van der Waals surface area contributed by atoms with E-state index in [0.29, 0.717) is 0 Å². The van der Waals surface area contributed by atoms with E-state index in [-0.39, 0.29) is 30.1 Å². The van der Waals surface area contributed by atoms with Gasteiger partial charge < -0.3 is 9.67 Å².